The number of hydrogen-bond donors (Lipinski definition) is 1. The lowest BCUT2D eigenvalue weighted by Crippen LogP contribution is -2.23. The summed E-state index contributed by atoms with van der Waals surface area (Å²) in [6.07, 6.45) is 0. The number of aryl methyl sites for hydroxylation is 1. The van der Waals surface area contributed by atoms with E-state index in [4.69, 9.17) is 4.74 Å². The first-order valence-electron chi connectivity index (χ1n) is 9.16. The van der Waals surface area contributed by atoms with E-state index in [-0.39, 0.29) is 13.2 Å². The van der Waals surface area contributed by atoms with E-state index in [9.17, 15) is 13.6 Å². The van der Waals surface area contributed by atoms with Gasteiger partial charge in [-0.15, -0.1) is 0 Å². The normalized spacial score (nSPS) is 12.2. The molecule has 1 atom stereocenters. The van der Waals surface area contributed by atoms with Gasteiger partial charge in [-0.05, 0) is 38.5 Å². The van der Waals surface area contributed by atoms with E-state index < -0.39 is 23.6 Å². The number of benzene rings is 2. The Bertz CT molecular complexity index is 1020. The lowest BCUT2D eigenvalue weighted by molar-refractivity contribution is 0.0523. The summed E-state index contributed by atoms with van der Waals surface area (Å²) < 4.78 is 32.4. The van der Waals surface area contributed by atoms with Crippen LogP contribution in [0.2, 0.25) is 0 Å². The van der Waals surface area contributed by atoms with Crippen molar-refractivity contribution in [3.05, 3.63) is 76.5 Å². The molecule has 1 heterocycles. The molecule has 1 N–H and O–H groups in total. The Balaban J connectivity index is 1.94. The van der Waals surface area contributed by atoms with Crippen LogP contribution >= 0.6 is 0 Å². The van der Waals surface area contributed by atoms with Crippen LogP contribution in [0.25, 0.3) is 10.9 Å². The molecule has 0 unspecified atom stereocenters. The third-order valence-corrected chi connectivity index (χ3v) is 4.71. The molecule has 0 saturated carbocycles. The van der Waals surface area contributed by atoms with E-state index >= 15 is 0 Å². The predicted octanol–water partition coefficient (Wildman–Crippen LogP) is 4.85. The zero-order chi connectivity index (χ0) is 20.3. The molecule has 3 rings (SSSR count). The number of halogens is 2. The van der Waals surface area contributed by atoms with Gasteiger partial charge in [-0.1, -0.05) is 24.3 Å². The van der Waals surface area contributed by atoms with Crippen molar-refractivity contribution >= 4 is 16.9 Å². The van der Waals surface area contributed by atoms with Crippen LogP contribution in [-0.4, -0.2) is 17.6 Å². The number of fused-ring (bicyclic) bond motifs is 1. The van der Waals surface area contributed by atoms with Crippen molar-refractivity contribution in [1.82, 2.24) is 10.3 Å². The second-order valence-electron chi connectivity index (χ2n) is 6.56. The van der Waals surface area contributed by atoms with Gasteiger partial charge in [0.15, 0.2) is 0 Å². The molecule has 0 aliphatic carbocycles. The highest BCUT2D eigenvalue weighted by Crippen LogP contribution is 2.25. The van der Waals surface area contributed by atoms with Crippen LogP contribution in [0, 0.1) is 18.6 Å². The van der Waals surface area contributed by atoms with E-state index in [2.05, 4.69) is 10.3 Å². The Morgan fingerprint density at radius 3 is 2.68 bits per heavy atom. The van der Waals surface area contributed by atoms with Gasteiger partial charge in [0.05, 0.1) is 23.4 Å². The molecule has 0 bridgehead atoms. The third-order valence-electron chi connectivity index (χ3n) is 4.71. The SMILES string of the molecule is CCOC(=O)c1c(CN[C@H](C)c2ccc(F)cc2F)nc2ccccc2c1C. The molecule has 4 nitrogen and oxygen atoms in total. The molecular weight excluding hydrogens is 362 g/mol. The van der Waals surface area contributed by atoms with Gasteiger partial charge in [0.1, 0.15) is 11.6 Å². The lowest BCUT2D eigenvalue weighted by atomic mass is 10.0. The van der Waals surface area contributed by atoms with Crippen molar-refractivity contribution in [3.63, 3.8) is 0 Å². The fourth-order valence-corrected chi connectivity index (χ4v) is 3.26. The summed E-state index contributed by atoms with van der Waals surface area (Å²) in [5.41, 5.74) is 2.85. The summed E-state index contributed by atoms with van der Waals surface area (Å²) in [4.78, 5) is 17.2. The van der Waals surface area contributed by atoms with E-state index in [1.165, 1.54) is 12.1 Å². The quantitative estimate of drug-likeness (QED) is 0.618. The number of ether oxygens (including phenoxy) is 1. The molecule has 1 aromatic heterocycles. The van der Waals surface area contributed by atoms with Crippen LogP contribution in [-0.2, 0) is 11.3 Å². The molecular formula is C22H22F2N2O2. The first-order valence-corrected chi connectivity index (χ1v) is 9.16. The molecule has 28 heavy (non-hydrogen) atoms. The zero-order valence-corrected chi connectivity index (χ0v) is 16.1. The molecule has 0 fully saturated rings. The maximum atomic E-state index is 14.0. The maximum absolute atomic E-state index is 14.0. The summed E-state index contributed by atoms with van der Waals surface area (Å²) in [6, 6.07) is 10.7. The van der Waals surface area contributed by atoms with Gasteiger partial charge in [0, 0.05) is 29.6 Å². The topological polar surface area (TPSA) is 51.2 Å². The summed E-state index contributed by atoms with van der Waals surface area (Å²) in [6.45, 7) is 5.88. The van der Waals surface area contributed by atoms with Crippen molar-refractivity contribution in [2.45, 2.75) is 33.4 Å². The van der Waals surface area contributed by atoms with Gasteiger partial charge in [-0.2, -0.15) is 0 Å². The Labute approximate surface area is 162 Å². The molecule has 0 aliphatic rings. The molecule has 0 radical (unpaired) electrons. The predicted molar refractivity (Wildman–Crippen MR) is 104 cm³/mol. The van der Waals surface area contributed by atoms with Crippen molar-refractivity contribution in [1.29, 1.82) is 0 Å². The average Bonchev–Trinajstić information content (AvgIpc) is 2.66. The van der Waals surface area contributed by atoms with Crippen LogP contribution in [0.1, 0.15) is 47.1 Å². The fraction of sp³-hybridized carbons (Fsp3) is 0.273. The molecule has 2 aromatic carbocycles. The number of nitrogens with zero attached hydrogens (tertiary/aromatic N) is 1. The van der Waals surface area contributed by atoms with Gasteiger partial charge in [-0.3, -0.25) is 4.98 Å². The van der Waals surface area contributed by atoms with Gasteiger partial charge in [0.2, 0.25) is 0 Å². The first-order chi connectivity index (χ1) is 13.4. The number of pyridine rings is 1. The average molecular weight is 384 g/mol. The minimum absolute atomic E-state index is 0.234. The van der Waals surface area contributed by atoms with Crippen LogP contribution in [0.5, 0.6) is 0 Å². The second kappa shape index (κ2) is 8.44. The summed E-state index contributed by atoms with van der Waals surface area (Å²) in [5, 5.41) is 4.05. The van der Waals surface area contributed by atoms with Crippen LogP contribution in [0.3, 0.4) is 0 Å². The standard InChI is InChI=1S/C22H22F2N2O2/c1-4-28-22(27)21-13(2)16-7-5-6-8-19(16)26-20(21)12-25-14(3)17-10-9-15(23)11-18(17)24/h5-11,14,25H,4,12H2,1-3H3/t14-/m1/s1. The minimum Gasteiger partial charge on any atom is -0.462 e. The van der Waals surface area contributed by atoms with Gasteiger partial charge in [-0.25, -0.2) is 13.6 Å². The Morgan fingerprint density at radius 2 is 1.96 bits per heavy atom. The van der Waals surface area contributed by atoms with Crippen molar-refractivity contribution in [3.8, 4) is 0 Å². The van der Waals surface area contributed by atoms with Crippen molar-refractivity contribution in [2.24, 2.45) is 0 Å². The molecule has 0 amide bonds. The van der Waals surface area contributed by atoms with Gasteiger partial charge in [0.25, 0.3) is 0 Å². The number of carbonyl (C=O) groups excluding carboxylic acids is 1. The Hall–Kier alpha value is -2.86. The Kier molecular flexibility index (Phi) is 5.99. The van der Waals surface area contributed by atoms with E-state index in [1.54, 1.807) is 13.8 Å². The van der Waals surface area contributed by atoms with Gasteiger partial charge >= 0.3 is 5.97 Å². The van der Waals surface area contributed by atoms with Crippen molar-refractivity contribution < 1.29 is 18.3 Å². The second-order valence-corrected chi connectivity index (χ2v) is 6.56. The molecule has 0 aliphatic heterocycles. The number of esters is 1. The molecule has 3 aromatic rings. The summed E-state index contributed by atoms with van der Waals surface area (Å²) >= 11 is 0. The third kappa shape index (κ3) is 4.02. The largest absolute Gasteiger partial charge is 0.462 e. The highest BCUT2D eigenvalue weighted by Gasteiger charge is 2.21. The highest BCUT2D eigenvalue weighted by atomic mass is 19.1. The molecule has 0 saturated heterocycles. The summed E-state index contributed by atoms with van der Waals surface area (Å²) in [7, 11) is 0. The maximum Gasteiger partial charge on any atom is 0.340 e. The smallest absolute Gasteiger partial charge is 0.340 e. The number of para-hydroxylation sites is 1. The number of aromatic nitrogens is 1. The molecule has 6 heteroatoms. The molecule has 0 spiro atoms. The van der Waals surface area contributed by atoms with E-state index in [0.717, 1.165) is 22.5 Å². The number of rotatable bonds is 6. The van der Waals surface area contributed by atoms with E-state index in [1.807, 2.05) is 31.2 Å². The van der Waals surface area contributed by atoms with E-state index in [0.29, 0.717) is 16.8 Å². The fourth-order valence-electron chi connectivity index (χ4n) is 3.26. The number of carbonyl (C=O) groups is 1. The summed E-state index contributed by atoms with van der Waals surface area (Å²) in [5.74, 6) is -1.67. The number of hydrogen-bond acceptors (Lipinski definition) is 4. The first kappa shape index (κ1) is 19.9. The monoisotopic (exact) mass is 384 g/mol. The van der Waals surface area contributed by atoms with Crippen LogP contribution < -0.4 is 5.32 Å². The Morgan fingerprint density at radius 1 is 1.21 bits per heavy atom. The zero-order valence-electron chi connectivity index (χ0n) is 16.1. The molecule has 146 valence electrons. The minimum atomic E-state index is -0.620. The van der Waals surface area contributed by atoms with Gasteiger partial charge < -0.3 is 10.1 Å². The number of nitrogens with one attached hydrogen (secondary N) is 1. The van der Waals surface area contributed by atoms with Crippen molar-refractivity contribution in [2.75, 3.05) is 6.61 Å². The highest BCUT2D eigenvalue weighted by molar-refractivity contribution is 5.98. The van der Waals surface area contributed by atoms with Crippen LogP contribution in [0.4, 0.5) is 8.78 Å². The lowest BCUT2D eigenvalue weighted by Gasteiger charge is -2.18. The van der Waals surface area contributed by atoms with Crippen LogP contribution in [0.15, 0.2) is 42.5 Å².